The molecule has 1 aromatic rings. The second-order valence-electron chi connectivity index (χ2n) is 3.72. The largest absolute Gasteiger partial charge is 0.489 e. The Morgan fingerprint density at radius 1 is 1.47 bits per heavy atom. The van der Waals surface area contributed by atoms with Gasteiger partial charge in [0.1, 0.15) is 18.0 Å². The third kappa shape index (κ3) is 2.78. The summed E-state index contributed by atoms with van der Waals surface area (Å²) in [7, 11) is 0. The summed E-state index contributed by atoms with van der Waals surface area (Å²) in [5, 5.41) is 1.12. The molecule has 1 atom stereocenters. The molecular weight excluding hydrogens is 303 g/mol. The van der Waals surface area contributed by atoms with Gasteiger partial charge in [0.2, 0.25) is 0 Å². The third-order valence-electron chi connectivity index (χ3n) is 2.14. The van der Waals surface area contributed by atoms with Crippen LogP contribution in [0, 0.1) is 0 Å². The first kappa shape index (κ1) is 11.5. The molecule has 1 aliphatic rings. The fourth-order valence-corrected chi connectivity index (χ4v) is 1.90. The average Bonchev–Trinajstić information content (AvgIpc) is 2.89. The van der Waals surface area contributed by atoms with E-state index in [1.165, 1.54) is 0 Å². The van der Waals surface area contributed by atoms with E-state index in [2.05, 4.69) is 15.9 Å². The number of halogens is 3. The first-order valence-corrected chi connectivity index (χ1v) is 5.96. The molecule has 15 heavy (non-hydrogen) atoms. The Labute approximate surface area is 107 Å². The van der Waals surface area contributed by atoms with Gasteiger partial charge in [-0.2, -0.15) is 0 Å². The van der Waals surface area contributed by atoms with Crippen molar-refractivity contribution in [2.45, 2.75) is 12.5 Å². The lowest BCUT2D eigenvalue weighted by molar-refractivity contribution is 0.202. The molecule has 0 N–H and O–H groups in total. The Kier molecular flexibility index (Phi) is 3.17. The predicted molar refractivity (Wildman–Crippen MR) is 64.0 cm³/mol. The quantitative estimate of drug-likeness (QED) is 0.623. The summed E-state index contributed by atoms with van der Waals surface area (Å²) in [5.41, 5.74) is -0.150. The van der Waals surface area contributed by atoms with Crippen molar-refractivity contribution in [3.05, 3.63) is 26.7 Å². The molecule has 5 heteroatoms. The van der Waals surface area contributed by atoms with Gasteiger partial charge in [-0.1, -0.05) is 23.2 Å². The first-order valence-electron chi connectivity index (χ1n) is 4.41. The summed E-state index contributed by atoms with van der Waals surface area (Å²) in [4.78, 5) is 0. The Morgan fingerprint density at radius 2 is 2.13 bits per heavy atom. The van der Waals surface area contributed by atoms with Crippen molar-refractivity contribution >= 4 is 39.1 Å². The average molecular weight is 312 g/mol. The van der Waals surface area contributed by atoms with Crippen LogP contribution in [0.5, 0.6) is 5.75 Å². The molecule has 0 aliphatic carbocycles. The molecular formula is C10H9BrCl2O2. The summed E-state index contributed by atoms with van der Waals surface area (Å²) in [6.07, 6.45) is 0. The van der Waals surface area contributed by atoms with Crippen molar-refractivity contribution < 1.29 is 9.47 Å². The van der Waals surface area contributed by atoms with Crippen LogP contribution in [0.3, 0.4) is 0 Å². The van der Waals surface area contributed by atoms with Crippen molar-refractivity contribution in [2.75, 3.05) is 13.2 Å². The van der Waals surface area contributed by atoms with Crippen molar-refractivity contribution in [1.82, 2.24) is 0 Å². The van der Waals surface area contributed by atoms with E-state index in [0.717, 1.165) is 11.1 Å². The number of hydrogen-bond donors (Lipinski definition) is 0. The number of ether oxygens (including phenoxy) is 2. The van der Waals surface area contributed by atoms with E-state index in [1.807, 2.05) is 6.92 Å². The van der Waals surface area contributed by atoms with Crippen LogP contribution in [0.25, 0.3) is 0 Å². The molecule has 0 amide bonds. The van der Waals surface area contributed by atoms with Crippen molar-refractivity contribution in [3.63, 3.8) is 0 Å². The zero-order valence-electron chi connectivity index (χ0n) is 8.02. The first-order chi connectivity index (χ1) is 7.00. The number of hydrogen-bond acceptors (Lipinski definition) is 2. The number of rotatable bonds is 3. The van der Waals surface area contributed by atoms with Crippen LogP contribution in [0.2, 0.25) is 10.0 Å². The normalized spacial score (nSPS) is 24.0. The number of epoxide rings is 1. The van der Waals surface area contributed by atoms with Crippen LogP contribution < -0.4 is 4.74 Å². The second kappa shape index (κ2) is 4.13. The molecule has 0 radical (unpaired) electrons. The molecule has 1 aromatic carbocycles. The molecule has 2 rings (SSSR count). The van der Waals surface area contributed by atoms with E-state index in [1.54, 1.807) is 12.1 Å². The van der Waals surface area contributed by atoms with E-state index in [-0.39, 0.29) is 5.60 Å². The van der Waals surface area contributed by atoms with E-state index in [9.17, 15) is 0 Å². The van der Waals surface area contributed by atoms with Gasteiger partial charge in [0.15, 0.2) is 0 Å². The fourth-order valence-electron chi connectivity index (χ4n) is 1.05. The fraction of sp³-hybridized carbons (Fsp3) is 0.400. The zero-order valence-corrected chi connectivity index (χ0v) is 11.1. The minimum atomic E-state index is -0.150. The highest BCUT2D eigenvalue weighted by Crippen LogP contribution is 2.35. The summed E-state index contributed by atoms with van der Waals surface area (Å²) < 4.78 is 11.5. The minimum absolute atomic E-state index is 0.150. The maximum absolute atomic E-state index is 6.00. The van der Waals surface area contributed by atoms with Gasteiger partial charge in [-0.15, -0.1) is 0 Å². The molecule has 0 bridgehead atoms. The summed E-state index contributed by atoms with van der Waals surface area (Å²) in [6, 6.07) is 3.41. The third-order valence-corrected chi connectivity index (χ3v) is 3.64. The smallest absolute Gasteiger partial charge is 0.139 e. The van der Waals surface area contributed by atoms with Gasteiger partial charge in [0.25, 0.3) is 0 Å². The Morgan fingerprint density at radius 3 is 2.73 bits per heavy atom. The topological polar surface area (TPSA) is 21.8 Å². The highest BCUT2D eigenvalue weighted by Gasteiger charge is 2.40. The van der Waals surface area contributed by atoms with Crippen molar-refractivity contribution in [3.8, 4) is 5.75 Å². The number of benzene rings is 1. The maximum atomic E-state index is 6.00. The van der Waals surface area contributed by atoms with Crippen molar-refractivity contribution in [1.29, 1.82) is 0 Å². The SMILES string of the molecule is CC1(COc2cc(Cl)c(Br)cc2Cl)CO1. The molecule has 2 nitrogen and oxygen atoms in total. The van der Waals surface area contributed by atoms with Gasteiger partial charge < -0.3 is 9.47 Å². The van der Waals surface area contributed by atoms with Gasteiger partial charge in [0.05, 0.1) is 16.7 Å². The Bertz CT molecular complexity index is 391. The zero-order chi connectivity index (χ0) is 11.1. The monoisotopic (exact) mass is 310 g/mol. The van der Waals surface area contributed by atoms with Crippen LogP contribution >= 0.6 is 39.1 Å². The molecule has 1 saturated heterocycles. The van der Waals surface area contributed by atoms with Gasteiger partial charge >= 0.3 is 0 Å². The molecule has 0 aromatic heterocycles. The van der Waals surface area contributed by atoms with Gasteiger partial charge in [0, 0.05) is 10.5 Å². The highest BCUT2D eigenvalue weighted by molar-refractivity contribution is 9.10. The molecule has 1 unspecified atom stereocenters. The maximum Gasteiger partial charge on any atom is 0.139 e. The highest BCUT2D eigenvalue weighted by atomic mass is 79.9. The van der Waals surface area contributed by atoms with Crippen LogP contribution in [0.4, 0.5) is 0 Å². The lowest BCUT2D eigenvalue weighted by atomic mass is 10.2. The van der Waals surface area contributed by atoms with E-state index < -0.39 is 0 Å². The van der Waals surface area contributed by atoms with Gasteiger partial charge in [-0.05, 0) is 28.9 Å². The summed E-state index contributed by atoms with van der Waals surface area (Å²) in [5.74, 6) is 0.585. The van der Waals surface area contributed by atoms with Crippen LogP contribution in [0.1, 0.15) is 6.92 Å². The second-order valence-corrected chi connectivity index (χ2v) is 5.39. The lowest BCUT2D eigenvalue weighted by Crippen LogP contribution is -2.17. The Balaban J connectivity index is 2.10. The van der Waals surface area contributed by atoms with Crippen LogP contribution in [-0.4, -0.2) is 18.8 Å². The predicted octanol–water partition coefficient (Wildman–Crippen LogP) is 3.92. The van der Waals surface area contributed by atoms with E-state index in [4.69, 9.17) is 32.7 Å². The van der Waals surface area contributed by atoms with Crippen molar-refractivity contribution in [2.24, 2.45) is 0 Å². The molecule has 0 spiro atoms. The van der Waals surface area contributed by atoms with Gasteiger partial charge in [-0.25, -0.2) is 0 Å². The van der Waals surface area contributed by atoms with Crippen LogP contribution in [0.15, 0.2) is 16.6 Å². The minimum Gasteiger partial charge on any atom is -0.489 e. The summed E-state index contributed by atoms with van der Waals surface area (Å²) in [6.45, 7) is 3.21. The van der Waals surface area contributed by atoms with Crippen LogP contribution in [-0.2, 0) is 4.74 Å². The summed E-state index contributed by atoms with van der Waals surface area (Å²) >= 11 is 15.2. The van der Waals surface area contributed by atoms with E-state index in [0.29, 0.717) is 22.4 Å². The molecule has 82 valence electrons. The van der Waals surface area contributed by atoms with E-state index >= 15 is 0 Å². The molecule has 1 heterocycles. The van der Waals surface area contributed by atoms with Gasteiger partial charge in [-0.3, -0.25) is 0 Å². The molecule has 1 fully saturated rings. The standard InChI is InChI=1S/C10H9BrCl2O2/c1-10(5-15-10)4-14-9-3-7(12)6(11)2-8(9)13/h2-3H,4-5H2,1H3. The Hall–Kier alpha value is 0.0400. The lowest BCUT2D eigenvalue weighted by Gasteiger charge is -2.11. The molecule has 1 aliphatic heterocycles. The molecule has 0 saturated carbocycles.